The summed E-state index contributed by atoms with van der Waals surface area (Å²) in [5.41, 5.74) is -0.391. The number of benzene rings is 1. The van der Waals surface area contributed by atoms with Crippen LogP contribution in [-0.2, 0) is 10.5 Å². The number of fused-ring (bicyclic) bond motifs is 2. The van der Waals surface area contributed by atoms with Crippen LogP contribution in [0.5, 0.6) is 5.75 Å². The molecule has 25 heavy (non-hydrogen) atoms. The van der Waals surface area contributed by atoms with Crippen LogP contribution in [0.1, 0.15) is 50.4 Å². The molecule has 0 radical (unpaired) electrons. The maximum absolute atomic E-state index is 14.2. The summed E-state index contributed by atoms with van der Waals surface area (Å²) in [6, 6.07) is 2.09. The molecule has 0 saturated heterocycles. The number of carbonyl (C=O) groups excluding carboxylic acids is 1. The van der Waals surface area contributed by atoms with Gasteiger partial charge in [0.15, 0.2) is 0 Å². The summed E-state index contributed by atoms with van der Waals surface area (Å²) in [5.74, 6) is -1.40. The largest absolute Gasteiger partial charge is 0.488 e. The molecule has 8 heteroatoms. The zero-order chi connectivity index (χ0) is 18.6. The maximum atomic E-state index is 14.2. The monoisotopic (exact) mass is 387 g/mol. The lowest BCUT2D eigenvalue weighted by molar-refractivity contribution is 0.0300. The second kappa shape index (κ2) is 6.06. The van der Waals surface area contributed by atoms with Crippen molar-refractivity contribution >= 4 is 28.0 Å². The Kier molecular flexibility index (Phi) is 4.44. The summed E-state index contributed by atoms with van der Waals surface area (Å²) in [6.45, 7) is 6.67. The van der Waals surface area contributed by atoms with Gasteiger partial charge in [0.1, 0.15) is 17.7 Å². The van der Waals surface area contributed by atoms with E-state index in [1.54, 1.807) is 0 Å². The summed E-state index contributed by atoms with van der Waals surface area (Å²) in [7, 11) is -2.95. The first kappa shape index (κ1) is 18.3. The van der Waals surface area contributed by atoms with Crippen molar-refractivity contribution < 1.29 is 22.3 Å². The molecule has 2 aliphatic rings. The molecule has 0 unspecified atom stereocenters. The second-order valence-electron chi connectivity index (χ2n) is 7.59. The van der Waals surface area contributed by atoms with Gasteiger partial charge in [0, 0.05) is 11.5 Å². The summed E-state index contributed by atoms with van der Waals surface area (Å²) < 4.78 is 44.0. The first-order chi connectivity index (χ1) is 11.6. The molecule has 2 fully saturated rings. The predicted octanol–water partition coefficient (Wildman–Crippen LogP) is 4.28. The smallest absolute Gasteiger partial charge is 0.319 e. The molecular formula is C17H19ClFNO4S. The van der Waals surface area contributed by atoms with Gasteiger partial charge in [-0.2, -0.15) is 8.42 Å². The number of carbonyl (C=O) groups is 1. The fraction of sp³-hybridized carbons (Fsp3) is 0.588. The molecule has 2 aliphatic carbocycles. The minimum absolute atomic E-state index is 0.0270. The third-order valence-electron chi connectivity index (χ3n) is 6.39. The molecule has 1 aromatic carbocycles. The zero-order valence-corrected chi connectivity index (χ0v) is 15.7. The van der Waals surface area contributed by atoms with E-state index in [-0.39, 0.29) is 27.7 Å². The molecule has 3 atom stereocenters. The summed E-state index contributed by atoms with van der Waals surface area (Å²) >= 11 is 6.14. The first-order valence-corrected chi connectivity index (χ1v) is 9.48. The highest BCUT2D eigenvalue weighted by Crippen LogP contribution is 2.66. The van der Waals surface area contributed by atoms with Crippen LogP contribution in [0.25, 0.3) is 0 Å². The molecule has 0 heterocycles. The molecule has 2 bridgehead atoms. The molecular weight excluding hydrogens is 369 g/mol. The van der Waals surface area contributed by atoms with E-state index >= 15 is 0 Å². The van der Waals surface area contributed by atoms with Gasteiger partial charge >= 0.3 is 10.5 Å². The quantitative estimate of drug-likeness (QED) is 0.776. The van der Waals surface area contributed by atoms with E-state index in [1.807, 2.05) is 0 Å². The van der Waals surface area contributed by atoms with Crippen molar-refractivity contribution in [2.75, 3.05) is 0 Å². The third kappa shape index (κ3) is 2.87. The van der Waals surface area contributed by atoms with E-state index in [2.05, 4.69) is 25.1 Å². The van der Waals surface area contributed by atoms with Crippen molar-refractivity contribution in [3.05, 3.63) is 28.5 Å². The van der Waals surface area contributed by atoms with E-state index in [1.165, 1.54) is 0 Å². The summed E-state index contributed by atoms with van der Waals surface area (Å²) in [5, 5.41) is 0.0563. The van der Waals surface area contributed by atoms with Crippen molar-refractivity contribution in [2.45, 2.75) is 46.1 Å². The van der Waals surface area contributed by atoms with Gasteiger partial charge in [-0.25, -0.2) is 4.39 Å². The lowest BCUT2D eigenvalue weighted by Gasteiger charge is -2.39. The standard InChI is InChI=1S/C17H19ClFNO4S/c1-16(2)9-4-5-17(16,3)14(6-9)24-13-8-12(19)10(7-11(13)18)15(21)20-25(22)23/h7-9,14H,4-6H2,1-3H3/t9-,14+,17+/m1/s1. The van der Waals surface area contributed by atoms with Crippen LogP contribution in [0, 0.1) is 22.6 Å². The molecule has 0 spiro atoms. The van der Waals surface area contributed by atoms with Crippen LogP contribution in [0.4, 0.5) is 4.39 Å². The average Bonchev–Trinajstić information content (AvgIpc) is 2.83. The van der Waals surface area contributed by atoms with Crippen molar-refractivity contribution in [3.8, 4) is 5.75 Å². The van der Waals surface area contributed by atoms with E-state index in [0.717, 1.165) is 31.4 Å². The minimum atomic E-state index is -2.95. The Bertz CT molecular complexity index is 875. The Hall–Kier alpha value is -1.47. The van der Waals surface area contributed by atoms with Crippen molar-refractivity contribution in [3.63, 3.8) is 0 Å². The molecule has 1 amide bonds. The topological polar surface area (TPSA) is 72.8 Å². The predicted molar refractivity (Wildman–Crippen MR) is 90.7 cm³/mol. The number of rotatable bonds is 3. The average molecular weight is 388 g/mol. The van der Waals surface area contributed by atoms with Gasteiger partial charge in [-0.1, -0.05) is 36.7 Å². The van der Waals surface area contributed by atoms with Crippen molar-refractivity contribution in [1.82, 2.24) is 0 Å². The fourth-order valence-electron chi connectivity index (χ4n) is 4.36. The number of hydrogen-bond donors (Lipinski definition) is 0. The lowest BCUT2D eigenvalue weighted by atomic mass is 9.70. The Morgan fingerprint density at radius 1 is 1.36 bits per heavy atom. The molecule has 3 rings (SSSR count). The Labute approximate surface area is 152 Å². The summed E-state index contributed by atoms with van der Waals surface area (Å²) in [6.07, 6.45) is 3.00. The van der Waals surface area contributed by atoms with Gasteiger partial charge in [0.25, 0.3) is 5.91 Å². The number of nitrogens with zero attached hydrogens (tertiary/aromatic N) is 1. The number of amides is 1. The van der Waals surface area contributed by atoms with Gasteiger partial charge in [0.2, 0.25) is 0 Å². The molecule has 1 aromatic rings. The molecule has 136 valence electrons. The third-order valence-corrected chi connectivity index (χ3v) is 7.00. The van der Waals surface area contributed by atoms with Crippen LogP contribution in [0.15, 0.2) is 16.5 Å². The number of hydrogen-bond acceptors (Lipinski definition) is 4. The van der Waals surface area contributed by atoms with Gasteiger partial charge in [-0.15, -0.1) is 0 Å². The fourth-order valence-corrected chi connectivity index (χ4v) is 4.80. The number of ether oxygens (including phenoxy) is 1. The first-order valence-electron chi connectivity index (χ1n) is 8.07. The zero-order valence-electron chi connectivity index (χ0n) is 14.2. The normalized spacial score (nSPS) is 29.5. The Balaban J connectivity index is 1.89. The van der Waals surface area contributed by atoms with E-state index in [0.29, 0.717) is 5.92 Å². The van der Waals surface area contributed by atoms with Gasteiger partial charge in [-0.3, -0.25) is 4.79 Å². The van der Waals surface area contributed by atoms with Gasteiger partial charge < -0.3 is 4.74 Å². The lowest BCUT2D eigenvalue weighted by Crippen LogP contribution is -2.38. The van der Waals surface area contributed by atoms with E-state index in [9.17, 15) is 17.6 Å². The van der Waals surface area contributed by atoms with Crippen LogP contribution in [-0.4, -0.2) is 20.4 Å². The second-order valence-corrected chi connectivity index (χ2v) is 8.62. The van der Waals surface area contributed by atoms with Gasteiger partial charge in [0.05, 0.1) is 10.6 Å². The van der Waals surface area contributed by atoms with Crippen LogP contribution in [0.2, 0.25) is 5.02 Å². The molecule has 0 aliphatic heterocycles. The molecule has 0 N–H and O–H groups in total. The highest BCUT2D eigenvalue weighted by molar-refractivity contribution is 7.62. The molecule has 2 saturated carbocycles. The highest BCUT2D eigenvalue weighted by atomic mass is 35.5. The van der Waals surface area contributed by atoms with Crippen molar-refractivity contribution in [2.24, 2.45) is 21.1 Å². The van der Waals surface area contributed by atoms with Crippen molar-refractivity contribution in [1.29, 1.82) is 0 Å². The van der Waals surface area contributed by atoms with Crippen LogP contribution < -0.4 is 4.74 Å². The highest BCUT2D eigenvalue weighted by Gasteiger charge is 2.62. The Morgan fingerprint density at radius 3 is 2.56 bits per heavy atom. The van der Waals surface area contributed by atoms with Crippen LogP contribution in [0.3, 0.4) is 0 Å². The maximum Gasteiger partial charge on any atom is 0.319 e. The van der Waals surface area contributed by atoms with Gasteiger partial charge in [-0.05, 0) is 36.7 Å². The van der Waals surface area contributed by atoms with Crippen LogP contribution >= 0.6 is 11.6 Å². The number of halogens is 2. The molecule has 5 nitrogen and oxygen atoms in total. The van der Waals surface area contributed by atoms with E-state index in [4.69, 9.17) is 16.3 Å². The SMILES string of the molecule is CC1(C)[C@@H]2CC[C@@]1(C)[C@@H](Oc1cc(F)c(C(=O)N=S(=O)=O)cc1Cl)C2. The molecule has 0 aromatic heterocycles. The minimum Gasteiger partial charge on any atom is -0.488 e. The summed E-state index contributed by atoms with van der Waals surface area (Å²) in [4.78, 5) is 11.6. The van der Waals surface area contributed by atoms with E-state index < -0.39 is 27.8 Å². The Morgan fingerprint density at radius 2 is 2.04 bits per heavy atom.